The Balaban J connectivity index is 0.000000128. The van der Waals surface area contributed by atoms with Crippen LogP contribution in [0.1, 0.15) is 106 Å². The highest BCUT2D eigenvalue weighted by atomic mass is 14.7. The van der Waals surface area contributed by atoms with Crippen LogP contribution in [-0.4, -0.2) is 0 Å². The maximum absolute atomic E-state index is 4.34. The predicted molar refractivity (Wildman–Crippen MR) is 129 cm³/mol. The van der Waals surface area contributed by atoms with Gasteiger partial charge in [-0.15, -0.1) is 0 Å². The van der Waals surface area contributed by atoms with Gasteiger partial charge < -0.3 is 0 Å². The molecular weight excluding hydrogens is 360 g/mol. The van der Waals surface area contributed by atoms with Crippen molar-refractivity contribution in [1.82, 2.24) is 0 Å². The molecule has 5 fully saturated rings. The Hall–Kier alpha value is -0.520. The summed E-state index contributed by atoms with van der Waals surface area (Å²) in [6, 6.07) is 0. The monoisotopic (exact) mass is 408 g/mol. The molecule has 0 nitrogen and oxygen atoms in total. The van der Waals surface area contributed by atoms with Gasteiger partial charge >= 0.3 is 0 Å². The van der Waals surface area contributed by atoms with Gasteiger partial charge in [-0.2, -0.15) is 0 Å². The van der Waals surface area contributed by atoms with Crippen LogP contribution in [0.5, 0.6) is 0 Å². The number of fused-ring (bicyclic) bond motifs is 2. The standard InChI is InChI=1S/2C15H24/c2*1-10-7-8-15-9-12(10)14(3,4)13(15)6-5-11(15)2/h7,11-13H,5-6,8-9H2,1-4H3;11-13H,1,5-9H2,2-4H3/t11-,12?,13+,15+;11-,12+,13+,15+/m11/s1. The summed E-state index contributed by atoms with van der Waals surface area (Å²) in [6.45, 7) is 21.8. The lowest BCUT2D eigenvalue weighted by atomic mass is 9.67. The minimum atomic E-state index is 0.540. The molecule has 0 amide bonds. The molecule has 0 saturated heterocycles. The highest BCUT2D eigenvalue weighted by Gasteiger charge is 2.64. The van der Waals surface area contributed by atoms with Gasteiger partial charge in [-0.25, -0.2) is 0 Å². The van der Waals surface area contributed by atoms with E-state index in [-0.39, 0.29) is 0 Å². The largest absolute Gasteiger partial charge is 0.0996 e. The first-order valence-electron chi connectivity index (χ1n) is 13.3. The molecule has 0 heterocycles. The zero-order valence-corrected chi connectivity index (χ0v) is 21.1. The Morgan fingerprint density at radius 2 is 1.33 bits per heavy atom. The second-order valence-electron chi connectivity index (χ2n) is 14.0. The minimum Gasteiger partial charge on any atom is -0.0996 e. The van der Waals surface area contributed by atoms with Gasteiger partial charge in [0.05, 0.1) is 0 Å². The van der Waals surface area contributed by atoms with E-state index in [2.05, 4.69) is 61.1 Å². The van der Waals surface area contributed by atoms with Crippen molar-refractivity contribution in [2.75, 3.05) is 0 Å². The van der Waals surface area contributed by atoms with Gasteiger partial charge in [0.15, 0.2) is 0 Å². The van der Waals surface area contributed by atoms with Gasteiger partial charge in [0, 0.05) is 0 Å². The van der Waals surface area contributed by atoms with Crippen LogP contribution in [0.2, 0.25) is 0 Å². The summed E-state index contributed by atoms with van der Waals surface area (Å²) in [7, 11) is 0. The molecule has 0 heteroatoms. The van der Waals surface area contributed by atoms with Crippen molar-refractivity contribution in [3.63, 3.8) is 0 Å². The molecule has 1 unspecified atom stereocenters. The summed E-state index contributed by atoms with van der Waals surface area (Å²) in [4.78, 5) is 0. The lowest BCUT2D eigenvalue weighted by molar-refractivity contribution is 0.118. The third kappa shape index (κ3) is 2.52. The van der Waals surface area contributed by atoms with Crippen LogP contribution >= 0.6 is 0 Å². The van der Waals surface area contributed by atoms with Crippen LogP contribution in [0.15, 0.2) is 23.8 Å². The molecule has 168 valence electrons. The van der Waals surface area contributed by atoms with Gasteiger partial charge in [0.25, 0.3) is 0 Å². The van der Waals surface area contributed by atoms with E-state index in [1.165, 1.54) is 57.8 Å². The van der Waals surface area contributed by atoms with Gasteiger partial charge in [-0.1, -0.05) is 65.3 Å². The molecule has 0 aromatic heterocycles. The Morgan fingerprint density at radius 3 is 2.00 bits per heavy atom. The zero-order chi connectivity index (χ0) is 21.7. The number of rotatable bonds is 0. The first kappa shape index (κ1) is 21.3. The summed E-state index contributed by atoms with van der Waals surface area (Å²) in [6.07, 6.45) is 15.6. The predicted octanol–water partition coefficient (Wildman–Crippen LogP) is 8.83. The zero-order valence-electron chi connectivity index (χ0n) is 21.1. The van der Waals surface area contributed by atoms with E-state index in [0.29, 0.717) is 16.2 Å². The summed E-state index contributed by atoms with van der Waals surface area (Å²) >= 11 is 0. The Morgan fingerprint density at radius 1 is 0.800 bits per heavy atom. The van der Waals surface area contributed by atoms with E-state index >= 15 is 0 Å². The van der Waals surface area contributed by atoms with Crippen LogP contribution in [0.4, 0.5) is 0 Å². The maximum atomic E-state index is 4.34. The van der Waals surface area contributed by atoms with Crippen molar-refractivity contribution in [2.24, 2.45) is 57.2 Å². The molecule has 6 aliphatic carbocycles. The smallest absolute Gasteiger partial charge is 0.0146 e. The lowest BCUT2D eigenvalue weighted by Crippen LogP contribution is -2.30. The fraction of sp³-hybridized carbons (Fsp3) is 0.867. The highest BCUT2D eigenvalue weighted by molar-refractivity contribution is 5.25. The SMILES string of the molecule is C=C1CC[C@@]23C[C@@H]1C(C)(C)[C@@H]2CC[C@H]3C.CC1=CC[C@@]23CC1C(C)(C)[C@@H]2CC[C@H]3C. The number of hydrogen-bond acceptors (Lipinski definition) is 0. The van der Waals surface area contributed by atoms with E-state index in [4.69, 9.17) is 0 Å². The van der Waals surface area contributed by atoms with Crippen LogP contribution < -0.4 is 0 Å². The quantitative estimate of drug-likeness (QED) is 0.351. The van der Waals surface area contributed by atoms with Crippen molar-refractivity contribution >= 4 is 0 Å². The summed E-state index contributed by atoms with van der Waals surface area (Å²) in [5, 5.41) is 0. The minimum absolute atomic E-state index is 0.540. The van der Waals surface area contributed by atoms with Gasteiger partial charge in [0.2, 0.25) is 0 Å². The molecule has 0 aliphatic heterocycles. The van der Waals surface area contributed by atoms with Gasteiger partial charge in [-0.3, -0.25) is 0 Å². The van der Waals surface area contributed by atoms with Crippen molar-refractivity contribution in [3.8, 4) is 0 Å². The average Bonchev–Trinajstić information content (AvgIpc) is 3.29. The Bertz CT molecular complexity index is 763. The number of hydrogen-bond donors (Lipinski definition) is 0. The normalized spacial score (nSPS) is 51.7. The van der Waals surface area contributed by atoms with Crippen LogP contribution in [0.25, 0.3) is 0 Å². The maximum Gasteiger partial charge on any atom is -0.0146 e. The fourth-order valence-electron chi connectivity index (χ4n) is 10.8. The summed E-state index contributed by atoms with van der Waals surface area (Å²) in [5.41, 5.74) is 5.78. The summed E-state index contributed by atoms with van der Waals surface area (Å²) in [5.74, 6) is 5.65. The van der Waals surface area contributed by atoms with Gasteiger partial charge in [-0.05, 0) is 122 Å². The molecule has 6 aliphatic rings. The molecule has 4 bridgehead atoms. The molecule has 30 heavy (non-hydrogen) atoms. The molecule has 0 aromatic rings. The van der Waals surface area contributed by atoms with Crippen molar-refractivity contribution in [1.29, 1.82) is 0 Å². The molecule has 0 aromatic carbocycles. The topological polar surface area (TPSA) is 0 Å². The molecule has 2 spiro atoms. The Kier molecular flexibility index (Phi) is 4.63. The molecule has 8 atom stereocenters. The first-order valence-corrected chi connectivity index (χ1v) is 13.3. The lowest BCUT2D eigenvalue weighted by Gasteiger charge is -2.38. The third-order valence-electron chi connectivity index (χ3n) is 12.6. The van der Waals surface area contributed by atoms with Crippen LogP contribution in [0, 0.1) is 57.2 Å². The molecule has 0 radical (unpaired) electrons. The highest BCUT2D eigenvalue weighted by Crippen LogP contribution is 2.72. The molecule has 6 rings (SSSR count). The molecular formula is C30H48. The molecule has 5 saturated carbocycles. The van der Waals surface area contributed by atoms with Crippen molar-refractivity contribution in [3.05, 3.63) is 23.8 Å². The summed E-state index contributed by atoms with van der Waals surface area (Å²) < 4.78 is 0. The van der Waals surface area contributed by atoms with E-state index < -0.39 is 0 Å². The average molecular weight is 409 g/mol. The van der Waals surface area contributed by atoms with Crippen molar-refractivity contribution < 1.29 is 0 Å². The second kappa shape index (κ2) is 6.51. The van der Waals surface area contributed by atoms with E-state index in [9.17, 15) is 0 Å². The number of allylic oxidation sites excluding steroid dienone is 3. The first-order chi connectivity index (χ1) is 14.0. The Labute approximate surface area is 187 Å². The fourth-order valence-corrected chi connectivity index (χ4v) is 10.8. The second-order valence-corrected chi connectivity index (χ2v) is 14.0. The molecule has 0 N–H and O–H groups in total. The van der Waals surface area contributed by atoms with E-state index in [1.807, 2.05) is 0 Å². The van der Waals surface area contributed by atoms with E-state index in [1.54, 1.807) is 11.1 Å². The van der Waals surface area contributed by atoms with Gasteiger partial charge in [0.1, 0.15) is 0 Å². The van der Waals surface area contributed by atoms with Crippen LogP contribution in [-0.2, 0) is 0 Å². The van der Waals surface area contributed by atoms with Crippen LogP contribution in [0.3, 0.4) is 0 Å². The third-order valence-corrected chi connectivity index (χ3v) is 12.6. The van der Waals surface area contributed by atoms with E-state index in [0.717, 1.165) is 40.9 Å². The van der Waals surface area contributed by atoms with Crippen molar-refractivity contribution in [2.45, 2.75) is 106 Å².